The minimum atomic E-state index is -0.864. The number of benzene rings is 1. The number of aliphatic hydroxyl groups is 1. The number of non-ortho nitro benzene ring substituents is 1. The van der Waals surface area contributed by atoms with Crippen molar-refractivity contribution >= 4 is 11.7 Å². The molecule has 1 aromatic rings. The minimum absolute atomic E-state index is 0.0153. The molecule has 0 heterocycles. The lowest BCUT2D eigenvalue weighted by Gasteiger charge is -2.21. The summed E-state index contributed by atoms with van der Waals surface area (Å²) in [4.78, 5) is 21.6. The molecule has 1 rings (SSSR count). The zero-order valence-electron chi connectivity index (χ0n) is 12.3. The van der Waals surface area contributed by atoms with Crippen LogP contribution in [0.4, 0.5) is 5.69 Å². The Morgan fingerprint density at radius 1 is 1.38 bits per heavy atom. The van der Waals surface area contributed by atoms with E-state index in [2.05, 4.69) is 5.32 Å². The Kier molecular flexibility index (Phi) is 6.26. The molecule has 0 amide bonds. The zero-order valence-corrected chi connectivity index (χ0v) is 12.3. The number of hydrogen-bond acceptors (Lipinski definition) is 6. The van der Waals surface area contributed by atoms with E-state index in [0.717, 1.165) is 0 Å². The van der Waals surface area contributed by atoms with E-state index in [-0.39, 0.29) is 24.1 Å². The van der Waals surface area contributed by atoms with E-state index in [1.54, 1.807) is 0 Å². The molecule has 0 saturated heterocycles. The first kappa shape index (κ1) is 17.1. The Hall–Kier alpha value is -1.99. The molecular weight excluding hydrogens is 276 g/mol. The van der Waals surface area contributed by atoms with Gasteiger partial charge in [0, 0.05) is 18.7 Å². The fourth-order valence-electron chi connectivity index (χ4n) is 1.89. The van der Waals surface area contributed by atoms with Gasteiger partial charge in [0.1, 0.15) is 6.04 Å². The molecule has 1 aromatic carbocycles. The third kappa shape index (κ3) is 4.80. The lowest BCUT2D eigenvalue weighted by molar-refractivity contribution is -0.384. The van der Waals surface area contributed by atoms with E-state index in [1.807, 2.05) is 13.8 Å². The number of nitro groups is 1. The second kappa shape index (κ2) is 7.70. The van der Waals surface area contributed by atoms with Crippen LogP contribution in [0.1, 0.15) is 25.5 Å². The molecule has 7 heteroatoms. The molecule has 0 spiro atoms. The van der Waals surface area contributed by atoms with Crippen molar-refractivity contribution in [3.05, 3.63) is 39.9 Å². The fourth-order valence-corrected chi connectivity index (χ4v) is 1.89. The molecule has 0 bridgehead atoms. The van der Waals surface area contributed by atoms with Crippen LogP contribution in [-0.2, 0) is 9.53 Å². The zero-order chi connectivity index (χ0) is 16.0. The van der Waals surface area contributed by atoms with E-state index >= 15 is 0 Å². The molecule has 0 aromatic heterocycles. The van der Waals surface area contributed by atoms with Crippen molar-refractivity contribution < 1.29 is 19.6 Å². The highest BCUT2D eigenvalue weighted by molar-refractivity contribution is 5.75. The van der Waals surface area contributed by atoms with Gasteiger partial charge in [-0.1, -0.05) is 13.8 Å². The number of hydrogen-bond donors (Lipinski definition) is 2. The van der Waals surface area contributed by atoms with Gasteiger partial charge in [-0.3, -0.25) is 14.9 Å². The summed E-state index contributed by atoms with van der Waals surface area (Å²) in [5, 5.41) is 23.6. The van der Waals surface area contributed by atoms with Gasteiger partial charge in [0.05, 0.1) is 18.1 Å². The summed E-state index contributed by atoms with van der Waals surface area (Å²) < 4.78 is 4.70. The molecule has 116 valence electrons. The van der Waals surface area contributed by atoms with Gasteiger partial charge < -0.3 is 15.2 Å². The van der Waals surface area contributed by atoms with Crippen LogP contribution in [-0.4, -0.2) is 35.7 Å². The van der Waals surface area contributed by atoms with Crippen LogP contribution in [0.3, 0.4) is 0 Å². The van der Waals surface area contributed by atoms with Gasteiger partial charge >= 0.3 is 5.97 Å². The summed E-state index contributed by atoms with van der Waals surface area (Å²) in [6, 6.07) is 5.14. The molecule has 7 nitrogen and oxygen atoms in total. The first-order valence-corrected chi connectivity index (χ1v) is 6.60. The maximum Gasteiger partial charge on any atom is 0.323 e. The molecule has 2 atom stereocenters. The van der Waals surface area contributed by atoms with Gasteiger partial charge in [-0.2, -0.15) is 0 Å². The second-order valence-electron chi connectivity index (χ2n) is 5.02. The average Bonchev–Trinajstić information content (AvgIpc) is 2.46. The van der Waals surface area contributed by atoms with E-state index in [1.165, 1.54) is 31.4 Å². The van der Waals surface area contributed by atoms with Gasteiger partial charge in [0.2, 0.25) is 0 Å². The van der Waals surface area contributed by atoms with Crippen LogP contribution < -0.4 is 5.32 Å². The number of carbonyl (C=O) groups excluding carboxylic acids is 1. The van der Waals surface area contributed by atoms with Crippen LogP contribution in [0.2, 0.25) is 0 Å². The fraction of sp³-hybridized carbons (Fsp3) is 0.500. The summed E-state index contributed by atoms with van der Waals surface area (Å²) in [6.07, 6.45) is -0.864. The second-order valence-corrected chi connectivity index (χ2v) is 5.02. The minimum Gasteiger partial charge on any atom is -0.468 e. The number of methoxy groups -OCH3 is 1. The normalized spacial score (nSPS) is 13.8. The number of nitrogens with one attached hydrogen (secondary N) is 1. The lowest BCUT2D eigenvalue weighted by Crippen LogP contribution is -2.43. The Labute approximate surface area is 123 Å². The SMILES string of the molecule is COC(=O)C(NCC(O)c1ccc([N+](=O)[O-])cc1)C(C)C. The molecule has 0 aliphatic rings. The number of rotatable bonds is 7. The van der Waals surface area contributed by atoms with Crippen molar-refractivity contribution in [2.24, 2.45) is 5.92 Å². The van der Waals surface area contributed by atoms with Crippen molar-refractivity contribution in [3.63, 3.8) is 0 Å². The van der Waals surface area contributed by atoms with Crippen LogP contribution in [0.25, 0.3) is 0 Å². The third-order valence-corrected chi connectivity index (χ3v) is 3.14. The number of esters is 1. The summed E-state index contributed by atoms with van der Waals surface area (Å²) in [5.41, 5.74) is 0.508. The summed E-state index contributed by atoms with van der Waals surface area (Å²) in [6.45, 7) is 3.88. The summed E-state index contributed by atoms with van der Waals surface area (Å²) in [5.74, 6) is -0.373. The maximum absolute atomic E-state index is 11.6. The Morgan fingerprint density at radius 3 is 2.38 bits per heavy atom. The van der Waals surface area contributed by atoms with Crippen molar-refractivity contribution in [1.82, 2.24) is 5.32 Å². The summed E-state index contributed by atoms with van der Waals surface area (Å²) in [7, 11) is 1.31. The van der Waals surface area contributed by atoms with E-state index in [4.69, 9.17) is 4.74 Å². The highest BCUT2D eigenvalue weighted by Gasteiger charge is 2.23. The van der Waals surface area contributed by atoms with Crippen molar-refractivity contribution in [3.8, 4) is 0 Å². The molecule has 21 heavy (non-hydrogen) atoms. The van der Waals surface area contributed by atoms with Gasteiger partial charge in [-0.25, -0.2) is 0 Å². The van der Waals surface area contributed by atoms with Crippen LogP contribution in [0.15, 0.2) is 24.3 Å². The van der Waals surface area contributed by atoms with Crippen molar-refractivity contribution in [1.29, 1.82) is 0 Å². The number of nitrogens with zero attached hydrogens (tertiary/aromatic N) is 1. The molecular formula is C14H20N2O5. The number of carbonyl (C=O) groups is 1. The Morgan fingerprint density at radius 2 is 1.95 bits per heavy atom. The molecule has 2 N–H and O–H groups in total. The van der Waals surface area contributed by atoms with Crippen LogP contribution in [0.5, 0.6) is 0 Å². The molecule has 0 saturated carbocycles. The molecule has 0 radical (unpaired) electrons. The average molecular weight is 296 g/mol. The Balaban J connectivity index is 2.65. The topological polar surface area (TPSA) is 102 Å². The first-order chi connectivity index (χ1) is 9.86. The van der Waals surface area contributed by atoms with Crippen molar-refractivity contribution in [2.75, 3.05) is 13.7 Å². The number of nitro benzene ring substituents is 1. The standard InChI is InChI=1S/C14H20N2O5/c1-9(2)13(14(18)21-3)15-8-12(17)10-4-6-11(7-5-10)16(19)20/h4-7,9,12-13,15,17H,8H2,1-3H3. The molecule has 0 aliphatic carbocycles. The highest BCUT2D eigenvalue weighted by Crippen LogP contribution is 2.17. The third-order valence-electron chi connectivity index (χ3n) is 3.14. The molecule has 2 unspecified atom stereocenters. The monoisotopic (exact) mass is 296 g/mol. The van der Waals surface area contributed by atoms with Gasteiger partial charge in [-0.05, 0) is 23.6 Å². The predicted octanol–water partition coefficient (Wildman–Crippen LogP) is 1.42. The van der Waals surface area contributed by atoms with Crippen LogP contribution >= 0.6 is 0 Å². The van der Waals surface area contributed by atoms with E-state index < -0.39 is 17.1 Å². The van der Waals surface area contributed by atoms with Gasteiger partial charge in [0.15, 0.2) is 0 Å². The van der Waals surface area contributed by atoms with E-state index in [0.29, 0.717) is 5.56 Å². The Bertz CT molecular complexity index is 487. The predicted molar refractivity (Wildman–Crippen MR) is 76.7 cm³/mol. The van der Waals surface area contributed by atoms with Crippen molar-refractivity contribution in [2.45, 2.75) is 26.0 Å². The first-order valence-electron chi connectivity index (χ1n) is 6.60. The van der Waals surface area contributed by atoms with Gasteiger partial charge in [0.25, 0.3) is 5.69 Å². The van der Waals surface area contributed by atoms with Crippen LogP contribution in [0, 0.1) is 16.0 Å². The number of aliphatic hydroxyl groups excluding tert-OH is 1. The largest absolute Gasteiger partial charge is 0.468 e. The van der Waals surface area contributed by atoms with Gasteiger partial charge in [-0.15, -0.1) is 0 Å². The number of ether oxygens (including phenoxy) is 1. The maximum atomic E-state index is 11.6. The molecule has 0 fully saturated rings. The quantitative estimate of drug-likeness (QED) is 0.448. The summed E-state index contributed by atoms with van der Waals surface area (Å²) >= 11 is 0. The molecule has 0 aliphatic heterocycles. The van der Waals surface area contributed by atoms with E-state index in [9.17, 15) is 20.0 Å². The highest BCUT2D eigenvalue weighted by atomic mass is 16.6. The smallest absolute Gasteiger partial charge is 0.323 e. The lowest BCUT2D eigenvalue weighted by atomic mass is 10.0.